The molecule has 10 heteroatoms. The van der Waals surface area contributed by atoms with Crippen LogP contribution in [0.3, 0.4) is 0 Å². The third-order valence-corrected chi connectivity index (χ3v) is 5.37. The zero-order valence-electron chi connectivity index (χ0n) is 15.3. The van der Waals surface area contributed by atoms with Gasteiger partial charge in [0.15, 0.2) is 0 Å². The highest BCUT2D eigenvalue weighted by molar-refractivity contribution is 5.88. The molecule has 4 rings (SSSR count). The highest BCUT2D eigenvalue weighted by Gasteiger charge is 2.24. The second-order valence-electron chi connectivity index (χ2n) is 7.15. The summed E-state index contributed by atoms with van der Waals surface area (Å²) in [4.78, 5) is 49.5. The van der Waals surface area contributed by atoms with Crippen LogP contribution in [0.4, 0.5) is 5.69 Å². The van der Waals surface area contributed by atoms with Gasteiger partial charge in [-0.2, -0.15) is 0 Å². The Balaban J connectivity index is 2.02. The number of carboxylic acids is 1. The molecule has 1 aliphatic rings. The van der Waals surface area contributed by atoms with Crippen LogP contribution in [-0.2, 0) is 0 Å². The van der Waals surface area contributed by atoms with Crippen molar-refractivity contribution in [1.29, 1.82) is 0 Å². The van der Waals surface area contributed by atoms with Gasteiger partial charge in [0.25, 0.3) is 5.69 Å². The predicted molar refractivity (Wildman–Crippen MR) is 104 cm³/mol. The van der Waals surface area contributed by atoms with Crippen molar-refractivity contribution < 1.29 is 14.8 Å². The first-order valence-corrected chi connectivity index (χ1v) is 9.25. The predicted octanol–water partition coefficient (Wildman–Crippen LogP) is 2.59. The number of hydrogen-bond donors (Lipinski definition) is 2. The van der Waals surface area contributed by atoms with Crippen LogP contribution in [0.15, 0.2) is 40.2 Å². The van der Waals surface area contributed by atoms with E-state index in [1.54, 1.807) is 0 Å². The number of aromatic carboxylic acids is 1. The number of aromatic amines is 1. The number of nitro benzene ring substituents is 1. The van der Waals surface area contributed by atoms with Gasteiger partial charge >= 0.3 is 17.1 Å². The molecule has 1 saturated carbocycles. The van der Waals surface area contributed by atoms with Crippen LogP contribution in [-0.4, -0.2) is 30.1 Å². The number of benzene rings is 1. The van der Waals surface area contributed by atoms with Gasteiger partial charge in [-0.25, -0.2) is 4.79 Å². The Morgan fingerprint density at radius 3 is 2.55 bits per heavy atom. The fourth-order valence-electron chi connectivity index (χ4n) is 3.99. The SMILES string of the molecule is O=C(O)c1ccn(-c2cc3c(cc2[N+](=O)[O-])[nH]c(=O)c(=O)n3C2CCCCC2)c1. The van der Waals surface area contributed by atoms with Crippen molar-refractivity contribution in [2.24, 2.45) is 0 Å². The number of H-pyrrole nitrogens is 1. The first kappa shape index (κ1) is 18.7. The van der Waals surface area contributed by atoms with Gasteiger partial charge in [0, 0.05) is 24.5 Å². The van der Waals surface area contributed by atoms with Crippen LogP contribution >= 0.6 is 0 Å². The molecule has 10 nitrogen and oxygen atoms in total. The molecule has 0 radical (unpaired) electrons. The molecule has 0 unspecified atom stereocenters. The Morgan fingerprint density at radius 1 is 1.21 bits per heavy atom. The monoisotopic (exact) mass is 398 g/mol. The number of nitrogens with zero attached hydrogens (tertiary/aromatic N) is 3. The number of carboxylic acid groups (broad SMARTS) is 1. The van der Waals surface area contributed by atoms with E-state index in [0.29, 0.717) is 5.52 Å². The number of fused-ring (bicyclic) bond motifs is 1. The summed E-state index contributed by atoms with van der Waals surface area (Å²) in [5, 5.41) is 20.8. The fourth-order valence-corrected chi connectivity index (χ4v) is 3.99. The molecule has 0 aliphatic heterocycles. The van der Waals surface area contributed by atoms with Crippen LogP contribution in [0.2, 0.25) is 0 Å². The Kier molecular flexibility index (Phi) is 4.53. The average Bonchev–Trinajstić information content (AvgIpc) is 3.19. The molecular formula is C19H18N4O6. The van der Waals surface area contributed by atoms with Gasteiger partial charge in [0.2, 0.25) is 0 Å². The van der Waals surface area contributed by atoms with E-state index >= 15 is 0 Å². The second kappa shape index (κ2) is 7.04. The van der Waals surface area contributed by atoms with E-state index in [2.05, 4.69) is 4.98 Å². The number of nitro groups is 1. The van der Waals surface area contributed by atoms with Gasteiger partial charge in [0.05, 0.1) is 21.5 Å². The number of rotatable bonds is 4. The van der Waals surface area contributed by atoms with Crippen LogP contribution in [0.25, 0.3) is 16.7 Å². The van der Waals surface area contributed by atoms with Crippen molar-refractivity contribution in [1.82, 2.24) is 14.1 Å². The van der Waals surface area contributed by atoms with Crippen LogP contribution in [0.1, 0.15) is 48.5 Å². The molecule has 0 spiro atoms. The molecule has 0 atom stereocenters. The zero-order chi connectivity index (χ0) is 20.7. The topological polar surface area (TPSA) is 140 Å². The molecule has 1 aliphatic carbocycles. The first-order chi connectivity index (χ1) is 13.9. The number of aromatic nitrogens is 3. The minimum atomic E-state index is -1.16. The number of hydrogen-bond acceptors (Lipinski definition) is 5. The lowest BCUT2D eigenvalue weighted by Gasteiger charge is -2.25. The maximum absolute atomic E-state index is 12.6. The largest absolute Gasteiger partial charge is 0.478 e. The number of nitrogens with one attached hydrogen (secondary N) is 1. The van der Waals surface area contributed by atoms with Crippen molar-refractivity contribution in [3.63, 3.8) is 0 Å². The van der Waals surface area contributed by atoms with Gasteiger partial charge in [-0.05, 0) is 25.0 Å². The van der Waals surface area contributed by atoms with E-state index in [0.717, 1.165) is 32.1 Å². The normalized spacial score (nSPS) is 14.9. The molecule has 0 bridgehead atoms. The summed E-state index contributed by atoms with van der Waals surface area (Å²) in [5.41, 5.74) is -1.15. The minimum absolute atomic E-state index is 0.0227. The van der Waals surface area contributed by atoms with Gasteiger partial charge < -0.3 is 14.7 Å². The Bertz CT molecular complexity index is 1250. The second-order valence-corrected chi connectivity index (χ2v) is 7.15. The van der Waals surface area contributed by atoms with E-state index < -0.39 is 22.0 Å². The number of carbonyl (C=O) groups is 1. The smallest absolute Gasteiger partial charge is 0.337 e. The van der Waals surface area contributed by atoms with Crippen LogP contribution in [0, 0.1) is 10.1 Å². The standard InChI is InChI=1S/C19H18N4O6/c24-17-18(25)22(12-4-2-1-3-5-12)14-9-15(16(23(28)29)8-13(14)20-17)21-7-6-11(10-21)19(26)27/h6-10,12H,1-5H2,(H,20,24)(H,26,27). The van der Waals surface area contributed by atoms with Gasteiger partial charge in [0.1, 0.15) is 5.69 Å². The third-order valence-electron chi connectivity index (χ3n) is 5.37. The van der Waals surface area contributed by atoms with E-state index in [1.165, 1.54) is 39.7 Å². The Hall–Kier alpha value is -3.69. The molecule has 2 aromatic heterocycles. The summed E-state index contributed by atoms with van der Waals surface area (Å²) in [7, 11) is 0. The maximum Gasteiger partial charge on any atom is 0.337 e. The van der Waals surface area contributed by atoms with E-state index in [1.807, 2.05) is 0 Å². The van der Waals surface area contributed by atoms with Gasteiger partial charge in [-0.3, -0.25) is 24.3 Å². The quantitative estimate of drug-likeness (QED) is 0.393. The molecule has 0 amide bonds. The molecule has 1 aromatic carbocycles. The van der Waals surface area contributed by atoms with Crippen molar-refractivity contribution in [3.8, 4) is 5.69 Å². The molecule has 2 heterocycles. The Labute approximate surface area is 163 Å². The molecule has 29 heavy (non-hydrogen) atoms. The summed E-state index contributed by atoms with van der Waals surface area (Å²) in [6.45, 7) is 0. The Morgan fingerprint density at radius 2 is 1.93 bits per heavy atom. The van der Waals surface area contributed by atoms with Crippen molar-refractivity contribution >= 4 is 22.7 Å². The molecule has 2 N–H and O–H groups in total. The fraction of sp³-hybridized carbons (Fsp3) is 0.316. The van der Waals surface area contributed by atoms with Crippen molar-refractivity contribution in [2.45, 2.75) is 38.1 Å². The van der Waals surface area contributed by atoms with E-state index in [-0.39, 0.29) is 28.5 Å². The summed E-state index contributed by atoms with van der Waals surface area (Å²) < 4.78 is 2.77. The minimum Gasteiger partial charge on any atom is -0.478 e. The van der Waals surface area contributed by atoms with Crippen molar-refractivity contribution in [3.05, 3.63) is 67.0 Å². The van der Waals surface area contributed by atoms with Gasteiger partial charge in [-0.15, -0.1) is 0 Å². The first-order valence-electron chi connectivity index (χ1n) is 9.25. The van der Waals surface area contributed by atoms with Gasteiger partial charge in [-0.1, -0.05) is 19.3 Å². The van der Waals surface area contributed by atoms with Crippen LogP contribution < -0.4 is 11.1 Å². The lowest BCUT2D eigenvalue weighted by Crippen LogP contribution is -2.39. The highest BCUT2D eigenvalue weighted by Crippen LogP contribution is 2.32. The summed E-state index contributed by atoms with van der Waals surface area (Å²) in [6.07, 6.45) is 7.10. The summed E-state index contributed by atoms with van der Waals surface area (Å²) >= 11 is 0. The maximum atomic E-state index is 12.6. The van der Waals surface area contributed by atoms with E-state index in [9.17, 15) is 24.5 Å². The summed E-state index contributed by atoms with van der Waals surface area (Å²) in [5.74, 6) is -1.16. The molecule has 150 valence electrons. The summed E-state index contributed by atoms with van der Waals surface area (Å²) in [6, 6.07) is 3.85. The zero-order valence-corrected chi connectivity index (χ0v) is 15.3. The molecule has 3 aromatic rings. The lowest BCUT2D eigenvalue weighted by molar-refractivity contribution is -0.384. The van der Waals surface area contributed by atoms with E-state index in [4.69, 9.17) is 5.11 Å². The third kappa shape index (κ3) is 3.22. The van der Waals surface area contributed by atoms with Crippen molar-refractivity contribution in [2.75, 3.05) is 0 Å². The van der Waals surface area contributed by atoms with Crippen LogP contribution in [0.5, 0.6) is 0 Å². The average molecular weight is 398 g/mol. The lowest BCUT2D eigenvalue weighted by atomic mass is 9.95. The molecular weight excluding hydrogens is 380 g/mol. The molecule has 1 fully saturated rings. The highest BCUT2D eigenvalue weighted by atomic mass is 16.6. The molecule has 0 saturated heterocycles.